The molecule has 2 unspecified atom stereocenters. The fourth-order valence-corrected chi connectivity index (χ4v) is 4.95. The third-order valence-corrected chi connectivity index (χ3v) is 6.26. The Balaban J connectivity index is 1.84. The van der Waals surface area contributed by atoms with Gasteiger partial charge in [-0.05, 0) is 63.7 Å². The van der Waals surface area contributed by atoms with E-state index in [1.54, 1.807) is 13.2 Å². The third-order valence-electron chi connectivity index (χ3n) is 4.88. The van der Waals surface area contributed by atoms with Crippen molar-refractivity contribution in [3.8, 4) is 5.75 Å². The Bertz CT molecular complexity index is 735. The fraction of sp³-hybridized carbons (Fsp3) is 0.556. The summed E-state index contributed by atoms with van der Waals surface area (Å²) in [5.74, 6) is 1.05. The normalized spacial score (nSPS) is 20.0. The summed E-state index contributed by atoms with van der Waals surface area (Å²) in [4.78, 5) is 17.3. The molecule has 27 heavy (non-hydrogen) atoms. The van der Waals surface area contributed by atoms with E-state index in [0.29, 0.717) is 27.8 Å². The Morgan fingerprint density at radius 1 is 1.44 bits per heavy atom. The minimum atomic E-state index is -0.142. The van der Waals surface area contributed by atoms with Crippen LogP contribution in [0.5, 0.6) is 5.75 Å². The Hall–Kier alpha value is -1.32. The van der Waals surface area contributed by atoms with Gasteiger partial charge in [0.15, 0.2) is 5.96 Å². The molecule has 0 spiro atoms. The highest BCUT2D eigenvalue weighted by Gasteiger charge is 2.27. The number of amides is 1. The van der Waals surface area contributed by atoms with Gasteiger partial charge in [0.2, 0.25) is 0 Å². The van der Waals surface area contributed by atoms with Crippen LogP contribution in [0.15, 0.2) is 20.0 Å². The topological polar surface area (TPSA) is 86.8 Å². The maximum absolute atomic E-state index is 13.0. The number of anilines is 1. The summed E-state index contributed by atoms with van der Waals surface area (Å²) in [7, 11) is 1.57. The summed E-state index contributed by atoms with van der Waals surface area (Å²) in [6, 6.07) is 2.20. The van der Waals surface area contributed by atoms with Gasteiger partial charge in [-0.2, -0.15) is 0 Å². The van der Waals surface area contributed by atoms with Gasteiger partial charge < -0.3 is 26.0 Å². The zero-order valence-electron chi connectivity index (χ0n) is 15.5. The number of halogens is 2. The average molecular weight is 503 g/mol. The average Bonchev–Trinajstić information content (AvgIpc) is 3.36. The van der Waals surface area contributed by atoms with Gasteiger partial charge in [-0.1, -0.05) is 6.92 Å². The highest BCUT2D eigenvalue weighted by atomic mass is 79.9. The van der Waals surface area contributed by atoms with E-state index in [0.717, 1.165) is 49.1 Å². The minimum absolute atomic E-state index is 0.0945. The maximum atomic E-state index is 13.0. The van der Waals surface area contributed by atoms with Crippen LogP contribution in [0.2, 0.25) is 0 Å². The standard InChI is InChI=1S/C18H25Br2N5O2/c1-3-12(13-5-4-6-21-13)24-17(26)10-9-11(19)15(14(20)16(10)27-2)25-18-22-7-8-23-18/h9,12-13,21H,3-8H2,1-2H3,(H,24,26)(H2,22,23,25). The highest BCUT2D eigenvalue weighted by molar-refractivity contribution is 9.11. The van der Waals surface area contributed by atoms with Crippen molar-refractivity contribution in [3.05, 3.63) is 20.6 Å². The number of nitrogens with zero attached hydrogens (tertiary/aromatic N) is 1. The van der Waals surface area contributed by atoms with Crippen molar-refractivity contribution in [3.63, 3.8) is 0 Å². The molecule has 1 fully saturated rings. The fourth-order valence-electron chi connectivity index (χ4n) is 3.47. The molecule has 7 nitrogen and oxygen atoms in total. The SMILES string of the molecule is CCC(NC(=O)c1cc(Br)c(NC2=NCCN2)c(Br)c1OC)C1CCCN1. The Morgan fingerprint density at radius 2 is 2.26 bits per heavy atom. The molecule has 2 aliphatic heterocycles. The third kappa shape index (κ3) is 4.57. The predicted molar refractivity (Wildman–Crippen MR) is 115 cm³/mol. The Labute approximate surface area is 176 Å². The van der Waals surface area contributed by atoms with Crippen LogP contribution in [0.25, 0.3) is 0 Å². The van der Waals surface area contributed by atoms with Crippen LogP contribution in [0, 0.1) is 0 Å². The number of hydrogen-bond acceptors (Lipinski definition) is 6. The van der Waals surface area contributed by atoms with E-state index in [1.807, 2.05) is 0 Å². The lowest BCUT2D eigenvalue weighted by atomic mass is 10.0. The van der Waals surface area contributed by atoms with Crippen molar-refractivity contribution in [2.24, 2.45) is 4.99 Å². The summed E-state index contributed by atoms with van der Waals surface area (Å²) in [5, 5.41) is 13.0. The van der Waals surface area contributed by atoms with Crippen molar-refractivity contribution >= 4 is 49.4 Å². The molecule has 0 saturated carbocycles. The molecule has 1 saturated heterocycles. The smallest absolute Gasteiger partial charge is 0.255 e. The van der Waals surface area contributed by atoms with Gasteiger partial charge in [-0.15, -0.1) is 0 Å². The van der Waals surface area contributed by atoms with E-state index in [9.17, 15) is 4.79 Å². The van der Waals surface area contributed by atoms with Crippen molar-refractivity contribution in [2.75, 3.05) is 32.1 Å². The van der Waals surface area contributed by atoms with E-state index in [2.05, 4.69) is 65.0 Å². The second kappa shape index (κ2) is 9.25. The molecule has 3 rings (SSSR count). The van der Waals surface area contributed by atoms with Crippen molar-refractivity contribution in [1.29, 1.82) is 0 Å². The van der Waals surface area contributed by atoms with E-state index in [-0.39, 0.29) is 11.9 Å². The van der Waals surface area contributed by atoms with Crippen molar-refractivity contribution in [2.45, 2.75) is 38.3 Å². The first-order valence-electron chi connectivity index (χ1n) is 9.20. The molecule has 2 heterocycles. The molecule has 2 atom stereocenters. The summed E-state index contributed by atoms with van der Waals surface area (Å²) in [6.45, 7) is 4.65. The number of benzene rings is 1. The van der Waals surface area contributed by atoms with Crippen LogP contribution in [-0.4, -0.2) is 50.7 Å². The molecule has 0 bridgehead atoms. The summed E-state index contributed by atoms with van der Waals surface area (Å²) >= 11 is 7.14. The molecular weight excluding hydrogens is 478 g/mol. The molecule has 0 radical (unpaired) electrons. The first-order valence-corrected chi connectivity index (χ1v) is 10.8. The lowest BCUT2D eigenvalue weighted by Crippen LogP contribution is -2.47. The molecular formula is C18H25Br2N5O2. The second-order valence-electron chi connectivity index (χ2n) is 6.60. The van der Waals surface area contributed by atoms with Gasteiger partial charge in [0.25, 0.3) is 5.91 Å². The maximum Gasteiger partial charge on any atom is 0.255 e. The number of guanidine groups is 1. The van der Waals surface area contributed by atoms with E-state index in [4.69, 9.17) is 4.74 Å². The van der Waals surface area contributed by atoms with Crippen LogP contribution >= 0.6 is 31.9 Å². The van der Waals surface area contributed by atoms with Crippen LogP contribution in [0.3, 0.4) is 0 Å². The lowest BCUT2D eigenvalue weighted by molar-refractivity contribution is 0.0924. The number of aliphatic imine (C=N–C) groups is 1. The quantitative estimate of drug-likeness (QED) is 0.480. The van der Waals surface area contributed by atoms with E-state index in [1.165, 1.54) is 0 Å². The molecule has 0 aliphatic carbocycles. The predicted octanol–water partition coefficient (Wildman–Crippen LogP) is 2.85. The molecule has 2 aliphatic rings. The van der Waals surface area contributed by atoms with Crippen molar-refractivity contribution < 1.29 is 9.53 Å². The van der Waals surface area contributed by atoms with Gasteiger partial charge in [0, 0.05) is 23.1 Å². The zero-order chi connectivity index (χ0) is 19.4. The number of nitrogens with one attached hydrogen (secondary N) is 4. The van der Waals surface area contributed by atoms with Gasteiger partial charge in [0.05, 0.1) is 29.4 Å². The van der Waals surface area contributed by atoms with Gasteiger partial charge in [-0.25, -0.2) is 0 Å². The van der Waals surface area contributed by atoms with E-state index >= 15 is 0 Å². The van der Waals surface area contributed by atoms with Crippen LogP contribution in [0.4, 0.5) is 5.69 Å². The first-order chi connectivity index (χ1) is 13.0. The van der Waals surface area contributed by atoms with Crippen molar-refractivity contribution in [1.82, 2.24) is 16.0 Å². The molecule has 1 aromatic rings. The highest BCUT2D eigenvalue weighted by Crippen LogP contribution is 2.41. The Morgan fingerprint density at radius 3 is 2.85 bits per heavy atom. The number of rotatable bonds is 6. The molecule has 148 valence electrons. The van der Waals surface area contributed by atoms with Crippen LogP contribution in [-0.2, 0) is 0 Å². The van der Waals surface area contributed by atoms with Gasteiger partial charge in [-0.3, -0.25) is 9.79 Å². The number of hydrogen-bond donors (Lipinski definition) is 4. The molecule has 0 aromatic heterocycles. The largest absolute Gasteiger partial charge is 0.495 e. The molecule has 4 N–H and O–H groups in total. The van der Waals surface area contributed by atoms with Crippen LogP contribution < -0.4 is 26.0 Å². The Kier molecular flexibility index (Phi) is 6.99. The van der Waals surface area contributed by atoms with Gasteiger partial charge in [0.1, 0.15) is 5.75 Å². The molecule has 1 amide bonds. The number of methoxy groups -OCH3 is 1. The number of carbonyl (C=O) groups excluding carboxylic acids is 1. The van der Waals surface area contributed by atoms with Gasteiger partial charge >= 0.3 is 0 Å². The summed E-state index contributed by atoms with van der Waals surface area (Å²) in [5.41, 5.74) is 1.25. The molecule has 1 aromatic carbocycles. The summed E-state index contributed by atoms with van der Waals surface area (Å²) < 4.78 is 6.98. The summed E-state index contributed by atoms with van der Waals surface area (Å²) in [6.07, 6.45) is 3.11. The monoisotopic (exact) mass is 501 g/mol. The lowest BCUT2D eigenvalue weighted by Gasteiger charge is -2.25. The minimum Gasteiger partial charge on any atom is -0.495 e. The van der Waals surface area contributed by atoms with Crippen LogP contribution in [0.1, 0.15) is 36.5 Å². The number of ether oxygens (including phenoxy) is 1. The second-order valence-corrected chi connectivity index (χ2v) is 8.25. The van der Waals surface area contributed by atoms with E-state index < -0.39 is 0 Å². The zero-order valence-corrected chi connectivity index (χ0v) is 18.7. The first kappa shape index (κ1) is 20.4. The molecule has 9 heteroatoms. The number of carbonyl (C=O) groups is 1.